The monoisotopic (exact) mass is 238 g/mol. The molecule has 1 amide bonds. The predicted octanol–water partition coefficient (Wildman–Crippen LogP) is 2.05. The number of carbonyl (C=O) groups excluding carboxylic acids is 1. The zero-order valence-corrected chi connectivity index (χ0v) is 10.3. The molecule has 4 heteroatoms. The minimum atomic E-state index is -0.497. The summed E-state index contributed by atoms with van der Waals surface area (Å²) in [6, 6.07) is 3.71. The molecule has 1 fully saturated rings. The van der Waals surface area contributed by atoms with E-state index >= 15 is 0 Å². The molecule has 1 aromatic rings. The van der Waals surface area contributed by atoms with Crippen molar-refractivity contribution in [3.63, 3.8) is 0 Å². The van der Waals surface area contributed by atoms with E-state index in [1.807, 2.05) is 17.5 Å². The Morgan fingerprint density at radius 1 is 1.75 bits per heavy atom. The van der Waals surface area contributed by atoms with Crippen LogP contribution in [0.1, 0.15) is 37.1 Å². The molecular formula is C12H18N2OS. The van der Waals surface area contributed by atoms with Crippen LogP contribution in [0, 0.1) is 5.92 Å². The fourth-order valence-corrected chi connectivity index (χ4v) is 2.71. The number of hydrogen-bond acceptors (Lipinski definition) is 3. The summed E-state index contributed by atoms with van der Waals surface area (Å²) in [5, 5.41) is 4.96. The van der Waals surface area contributed by atoms with Gasteiger partial charge in [-0.3, -0.25) is 4.79 Å². The molecule has 3 nitrogen and oxygen atoms in total. The first-order valence-electron chi connectivity index (χ1n) is 5.81. The van der Waals surface area contributed by atoms with Gasteiger partial charge in [-0.15, -0.1) is 11.3 Å². The summed E-state index contributed by atoms with van der Waals surface area (Å²) in [6.45, 7) is 2.18. The number of nitrogens with one attached hydrogen (secondary N) is 1. The van der Waals surface area contributed by atoms with Gasteiger partial charge in [0.05, 0.1) is 0 Å². The van der Waals surface area contributed by atoms with Crippen molar-refractivity contribution < 1.29 is 4.79 Å². The van der Waals surface area contributed by atoms with Crippen LogP contribution >= 0.6 is 11.3 Å². The molecule has 1 saturated carbocycles. The maximum absolute atomic E-state index is 11.8. The van der Waals surface area contributed by atoms with Crippen LogP contribution < -0.4 is 11.1 Å². The summed E-state index contributed by atoms with van der Waals surface area (Å²) in [5.41, 5.74) is 5.88. The molecular weight excluding hydrogens is 220 g/mol. The Labute approximate surface area is 100 Å². The summed E-state index contributed by atoms with van der Waals surface area (Å²) >= 11 is 1.53. The summed E-state index contributed by atoms with van der Waals surface area (Å²) in [5.74, 6) is 0.649. The third kappa shape index (κ3) is 2.62. The molecule has 1 aromatic heterocycles. The van der Waals surface area contributed by atoms with Gasteiger partial charge in [0, 0.05) is 10.9 Å². The fourth-order valence-electron chi connectivity index (χ4n) is 1.98. The molecule has 1 heterocycles. The molecule has 88 valence electrons. The second-order valence-corrected chi connectivity index (χ2v) is 5.37. The van der Waals surface area contributed by atoms with E-state index in [4.69, 9.17) is 5.73 Å². The second-order valence-electron chi connectivity index (χ2n) is 4.39. The van der Waals surface area contributed by atoms with Gasteiger partial charge >= 0.3 is 0 Å². The maximum atomic E-state index is 11.8. The molecule has 0 radical (unpaired) electrons. The van der Waals surface area contributed by atoms with Crippen LogP contribution in [0.2, 0.25) is 0 Å². The van der Waals surface area contributed by atoms with Crippen LogP contribution in [0.15, 0.2) is 17.5 Å². The highest BCUT2D eigenvalue weighted by Crippen LogP contribution is 2.34. The lowest BCUT2D eigenvalue weighted by Crippen LogP contribution is -2.35. The van der Waals surface area contributed by atoms with E-state index in [1.165, 1.54) is 24.2 Å². The zero-order valence-electron chi connectivity index (χ0n) is 9.48. The van der Waals surface area contributed by atoms with Crippen LogP contribution in [0.25, 0.3) is 0 Å². The molecule has 0 spiro atoms. The molecule has 2 rings (SSSR count). The Balaban J connectivity index is 1.81. The lowest BCUT2D eigenvalue weighted by molar-refractivity contribution is -0.122. The summed E-state index contributed by atoms with van der Waals surface area (Å²) in [7, 11) is 0. The normalized spacial score (nSPS) is 25.1. The number of carbonyl (C=O) groups is 1. The van der Waals surface area contributed by atoms with Gasteiger partial charge in [0.15, 0.2) is 0 Å². The Morgan fingerprint density at radius 2 is 2.56 bits per heavy atom. The van der Waals surface area contributed by atoms with Crippen molar-refractivity contribution >= 4 is 17.2 Å². The molecule has 0 aromatic carbocycles. The highest BCUT2D eigenvalue weighted by molar-refractivity contribution is 7.10. The van der Waals surface area contributed by atoms with E-state index in [1.54, 1.807) is 0 Å². The Bertz CT molecular complexity index is 350. The van der Waals surface area contributed by atoms with Crippen LogP contribution in [-0.4, -0.2) is 11.9 Å². The highest BCUT2D eigenvalue weighted by atomic mass is 32.1. The smallest absolute Gasteiger partial charge is 0.242 e. The first kappa shape index (κ1) is 11.6. The number of thiophene rings is 1. The van der Waals surface area contributed by atoms with Gasteiger partial charge in [-0.25, -0.2) is 0 Å². The summed E-state index contributed by atoms with van der Waals surface area (Å²) < 4.78 is 0. The highest BCUT2D eigenvalue weighted by Gasteiger charge is 2.38. The van der Waals surface area contributed by atoms with Crippen molar-refractivity contribution in [3.8, 4) is 0 Å². The van der Waals surface area contributed by atoms with Gasteiger partial charge in [0.25, 0.3) is 0 Å². The SMILES string of the molecule is CCCC1CC1NC(=O)C(N)c1cccs1. The topological polar surface area (TPSA) is 55.1 Å². The maximum Gasteiger partial charge on any atom is 0.242 e. The number of nitrogens with two attached hydrogens (primary N) is 1. The third-order valence-electron chi connectivity index (χ3n) is 3.04. The summed E-state index contributed by atoms with van der Waals surface area (Å²) in [6.07, 6.45) is 3.52. The van der Waals surface area contributed by atoms with Crippen molar-refractivity contribution in [2.45, 2.75) is 38.3 Å². The lowest BCUT2D eigenvalue weighted by atomic mass is 10.2. The standard InChI is InChI=1S/C12H18N2OS/c1-2-4-8-7-9(8)14-12(15)11(13)10-5-3-6-16-10/h3,5-6,8-9,11H,2,4,7,13H2,1H3,(H,14,15). The molecule has 3 atom stereocenters. The van der Waals surface area contributed by atoms with E-state index in [0.29, 0.717) is 12.0 Å². The van der Waals surface area contributed by atoms with E-state index in [-0.39, 0.29) is 5.91 Å². The molecule has 3 N–H and O–H groups in total. The zero-order chi connectivity index (χ0) is 11.5. The second kappa shape index (κ2) is 4.97. The van der Waals surface area contributed by atoms with Gasteiger partial charge in [-0.05, 0) is 30.2 Å². The number of amides is 1. The summed E-state index contributed by atoms with van der Waals surface area (Å²) in [4.78, 5) is 12.7. The van der Waals surface area contributed by atoms with E-state index in [2.05, 4.69) is 12.2 Å². The van der Waals surface area contributed by atoms with Gasteiger partial charge in [-0.1, -0.05) is 19.4 Å². The van der Waals surface area contributed by atoms with Crippen molar-refractivity contribution in [1.29, 1.82) is 0 Å². The average Bonchev–Trinajstić information content (AvgIpc) is 2.82. The molecule has 1 aliphatic rings. The Hall–Kier alpha value is -0.870. The molecule has 16 heavy (non-hydrogen) atoms. The minimum Gasteiger partial charge on any atom is -0.351 e. The quantitative estimate of drug-likeness (QED) is 0.825. The minimum absolute atomic E-state index is 0.0361. The van der Waals surface area contributed by atoms with Crippen LogP contribution in [0.3, 0.4) is 0 Å². The third-order valence-corrected chi connectivity index (χ3v) is 4.00. The van der Waals surface area contributed by atoms with Gasteiger partial charge in [0.1, 0.15) is 6.04 Å². The largest absolute Gasteiger partial charge is 0.351 e. The van der Waals surface area contributed by atoms with Crippen LogP contribution in [-0.2, 0) is 4.79 Å². The fraction of sp³-hybridized carbons (Fsp3) is 0.583. The van der Waals surface area contributed by atoms with Crippen molar-refractivity contribution in [3.05, 3.63) is 22.4 Å². The van der Waals surface area contributed by atoms with Gasteiger partial charge in [0.2, 0.25) is 5.91 Å². The van der Waals surface area contributed by atoms with Gasteiger partial charge in [-0.2, -0.15) is 0 Å². The van der Waals surface area contributed by atoms with Gasteiger partial charge < -0.3 is 11.1 Å². The Morgan fingerprint density at radius 3 is 3.19 bits per heavy atom. The molecule has 3 unspecified atom stereocenters. The van der Waals surface area contributed by atoms with Crippen molar-refractivity contribution in [1.82, 2.24) is 5.32 Å². The van der Waals surface area contributed by atoms with E-state index in [9.17, 15) is 4.79 Å². The number of rotatable bonds is 5. The first-order valence-corrected chi connectivity index (χ1v) is 6.69. The van der Waals surface area contributed by atoms with E-state index in [0.717, 1.165) is 11.3 Å². The first-order chi connectivity index (χ1) is 7.72. The van der Waals surface area contributed by atoms with Crippen LogP contribution in [0.4, 0.5) is 0 Å². The lowest BCUT2D eigenvalue weighted by Gasteiger charge is -2.10. The molecule has 0 saturated heterocycles. The number of hydrogen-bond donors (Lipinski definition) is 2. The van der Waals surface area contributed by atoms with E-state index < -0.39 is 6.04 Å². The molecule has 0 aliphatic heterocycles. The Kier molecular flexibility index (Phi) is 3.61. The van der Waals surface area contributed by atoms with Crippen LogP contribution in [0.5, 0.6) is 0 Å². The van der Waals surface area contributed by atoms with Crippen molar-refractivity contribution in [2.75, 3.05) is 0 Å². The average molecular weight is 238 g/mol. The van der Waals surface area contributed by atoms with Crippen molar-refractivity contribution in [2.24, 2.45) is 11.7 Å². The predicted molar refractivity (Wildman–Crippen MR) is 66.2 cm³/mol. The molecule has 1 aliphatic carbocycles. The molecule has 0 bridgehead atoms.